The van der Waals surface area contributed by atoms with Gasteiger partial charge >= 0.3 is 0 Å². The average Bonchev–Trinajstić information content (AvgIpc) is 3.05. The Balaban J connectivity index is 1.83. The lowest BCUT2D eigenvalue weighted by atomic mass is 10.1. The summed E-state index contributed by atoms with van der Waals surface area (Å²) in [4.78, 5) is 17.5. The van der Waals surface area contributed by atoms with Crippen LogP contribution in [0.15, 0.2) is 34.8 Å². The molecule has 4 nitrogen and oxygen atoms in total. The number of hydrogen-bond donors (Lipinski definition) is 1. The number of fused-ring (bicyclic) bond motifs is 1. The number of nitrogens with one attached hydrogen (secondary N) is 1. The summed E-state index contributed by atoms with van der Waals surface area (Å²) >= 11 is 1.48. The standard InChI is InChI=1S/C18H18N2O2S/c1-4-15-14(13-7-5-6-8-16(13)22-15)9-10-17(21)20-18-19-11(2)12(3)23-18/h5-10H,4H2,1-3H3,(H,19,20,21)/b10-9+. The molecule has 0 aliphatic heterocycles. The molecule has 1 amide bonds. The molecule has 2 aromatic heterocycles. The Hall–Kier alpha value is -2.40. The molecule has 0 radical (unpaired) electrons. The number of carbonyl (C=O) groups is 1. The summed E-state index contributed by atoms with van der Waals surface area (Å²) in [6.07, 6.45) is 4.12. The molecule has 1 N–H and O–H groups in total. The van der Waals surface area contributed by atoms with Crippen molar-refractivity contribution in [2.24, 2.45) is 0 Å². The predicted octanol–water partition coefficient (Wildman–Crippen LogP) is 4.72. The van der Waals surface area contributed by atoms with Gasteiger partial charge in [0.15, 0.2) is 5.13 Å². The topological polar surface area (TPSA) is 55.1 Å². The van der Waals surface area contributed by atoms with Crippen LogP contribution in [-0.2, 0) is 11.2 Å². The smallest absolute Gasteiger partial charge is 0.250 e. The monoisotopic (exact) mass is 326 g/mol. The Labute approximate surface area is 138 Å². The van der Waals surface area contributed by atoms with E-state index in [9.17, 15) is 4.79 Å². The van der Waals surface area contributed by atoms with Gasteiger partial charge < -0.3 is 4.42 Å². The van der Waals surface area contributed by atoms with E-state index in [1.165, 1.54) is 17.4 Å². The van der Waals surface area contributed by atoms with Gasteiger partial charge in [0.25, 0.3) is 0 Å². The van der Waals surface area contributed by atoms with Gasteiger partial charge in [-0.2, -0.15) is 0 Å². The second-order valence-electron chi connectivity index (χ2n) is 5.27. The number of thiazole rings is 1. The third-order valence-electron chi connectivity index (χ3n) is 3.69. The maximum Gasteiger partial charge on any atom is 0.250 e. The van der Waals surface area contributed by atoms with Crippen molar-refractivity contribution in [2.75, 3.05) is 5.32 Å². The number of carbonyl (C=O) groups excluding carboxylic acids is 1. The Morgan fingerprint density at radius 3 is 2.83 bits per heavy atom. The second kappa shape index (κ2) is 6.38. The predicted molar refractivity (Wildman–Crippen MR) is 94.8 cm³/mol. The van der Waals surface area contributed by atoms with Gasteiger partial charge in [-0.3, -0.25) is 10.1 Å². The van der Waals surface area contributed by atoms with Crippen LogP contribution >= 0.6 is 11.3 Å². The van der Waals surface area contributed by atoms with E-state index in [4.69, 9.17) is 4.42 Å². The highest BCUT2D eigenvalue weighted by molar-refractivity contribution is 7.15. The minimum atomic E-state index is -0.189. The Kier molecular flexibility index (Phi) is 4.30. The minimum absolute atomic E-state index is 0.189. The SMILES string of the molecule is CCc1oc2ccccc2c1/C=C/C(=O)Nc1nc(C)c(C)s1. The van der Waals surface area contributed by atoms with Crippen LogP contribution < -0.4 is 5.32 Å². The number of nitrogens with zero attached hydrogens (tertiary/aromatic N) is 1. The van der Waals surface area contributed by atoms with Crippen molar-refractivity contribution in [3.8, 4) is 0 Å². The lowest BCUT2D eigenvalue weighted by Crippen LogP contribution is -2.07. The molecule has 1 aromatic carbocycles. The summed E-state index contributed by atoms with van der Waals surface area (Å²) in [6.45, 7) is 5.96. The highest BCUT2D eigenvalue weighted by Crippen LogP contribution is 2.27. The van der Waals surface area contributed by atoms with E-state index in [-0.39, 0.29) is 5.91 Å². The molecule has 0 fully saturated rings. The van der Waals surface area contributed by atoms with Crippen LogP contribution in [0.4, 0.5) is 5.13 Å². The van der Waals surface area contributed by atoms with Gasteiger partial charge in [0.1, 0.15) is 11.3 Å². The first-order valence-corrected chi connectivity index (χ1v) is 8.33. The van der Waals surface area contributed by atoms with Crippen LogP contribution in [0.25, 0.3) is 17.0 Å². The van der Waals surface area contributed by atoms with Gasteiger partial charge in [0.05, 0.1) is 5.69 Å². The lowest BCUT2D eigenvalue weighted by Gasteiger charge is -1.96. The van der Waals surface area contributed by atoms with Gasteiger partial charge in [-0.05, 0) is 26.0 Å². The van der Waals surface area contributed by atoms with E-state index >= 15 is 0 Å². The van der Waals surface area contributed by atoms with Crippen molar-refractivity contribution in [1.29, 1.82) is 0 Å². The number of anilines is 1. The molecule has 0 spiro atoms. The van der Waals surface area contributed by atoms with Crippen LogP contribution in [0.5, 0.6) is 0 Å². The summed E-state index contributed by atoms with van der Waals surface area (Å²) in [5, 5.41) is 4.45. The molecule has 0 unspecified atom stereocenters. The van der Waals surface area contributed by atoms with Crippen molar-refractivity contribution in [3.63, 3.8) is 0 Å². The second-order valence-corrected chi connectivity index (χ2v) is 6.48. The molecule has 0 saturated carbocycles. The van der Waals surface area contributed by atoms with Crippen molar-refractivity contribution in [3.05, 3.63) is 52.2 Å². The summed E-state index contributed by atoms with van der Waals surface area (Å²) in [5.41, 5.74) is 2.75. The number of rotatable bonds is 4. The summed E-state index contributed by atoms with van der Waals surface area (Å²) in [7, 11) is 0. The summed E-state index contributed by atoms with van der Waals surface area (Å²) in [6, 6.07) is 7.85. The van der Waals surface area contributed by atoms with E-state index in [2.05, 4.69) is 10.3 Å². The fourth-order valence-electron chi connectivity index (χ4n) is 2.39. The molecule has 0 bridgehead atoms. The highest BCUT2D eigenvalue weighted by atomic mass is 32.1. The first kappa shape index (κ1) is 15.5. The molecule has 0 atom stereocenters. The average molecular weight is 326 g/mol. The fourth-order valence-corrected chi connectivity index (χ4v) is 3.21. The number of aromatic nitrogens is 1. The third-order valence-corrected chi connectivity index (χ3v) is 4.68. The molecule has 0 aliphatic rings. The number of para-hydroxylation sites is 1. The maximum absolute atomic E-state index is 12.1. The van der Waals surface area contributed by atoms with E-state index in [1.54, 1.807) is 0 Å². The maximum atomic E-state index is 12.1. The van der Waals surface area contributed by atoms with Crippen LogP contribution in [0, 0.1) is 13.8 Å². The van der Waals surface area contributed by atoms with Crippen LogP contribution in [0.3, 0.4) is 0 Å². The molecule has 2 heterocycles. The summed E-state index contributed by atoms with van der Waals surface area (Å²) < 4.78 is 5.82. The van der Waals surface area contributed by atoms with Gasteiger partial charge in [0.2, 0.25) is 5.91 Å². The highest BCUT2D eigenvalue weighted by Gasteiger charge is 2.11. The zero-order chi connectivity index (χ0) is 16.4. The molecule has 23 heavy (non-hydrogen) atoms. The van der Waals surface area contributed by atoms with Gasteiger partial charge in [-0.25, -0.2) is 4.98 Å². The normalized spacial score (nSPS) is 11.4. The molecular weight excluding hydrogens is 308 g/mol. The number of furan rings is 1. The van der Waals surface area contributed by atoms with E-state index < -0.39 is 0 Å². The van der Waals surface area contributed by atoms with Crippen molar-refractivity contribution >= 4 is 39.4 Å². The molecule has 3 aromatic rings. The molecule has 118 valence electrons. The van der Waals surface area contributed by atoms with Crippen LogP contribution in [0.2, 0.25) is 0 Å². The number of hydrogen-bond acceptors (Lipinski definition) is 4. The van der Waals surface area contributed by atoms with Gasteiger partial charge in [-0.1, -0.05) is 25.1 Å². The number of aryl methyl sites for hydroxylation is 3. The Morgan fingerprint density at radius 1 is 1.35 bits per heavy atom. The zero-order valence-electron chi connectivity index (χ0n) is 13.3. The fraction of sp³-hybridized carbons (Fsp3) is 0.222. The number of benzene rings is 1. The molecule has 0 aliphatic carbocycles. The Bertz CT molecular complexity index is 870. The largest absolute Gasteiger partial charge is 0.460 e. The molecule has 3 rings (SSSR count). The van der Waals surface area contributed by atoms with E-state index in [0.717, 1.165) is 39.3 Å². The first-order chi connectivity index (χ1) is 11.1. The molecule has 0 saturated heterocycles. The Morgan fingerprint density at radius 2 is 2.13 bits per heavy atom. The molecule has 5 heteroatoms. The van der Waals surface area contributed by atoms with Crippen molar-refractivity contribution in [2.45, 2.75) is 27.2 Å². The van der Waals surface area contributed by atoms with Crippen molar-refractivity contribution in [1.82, 2.24) is 4.98 Å². The molecular formula is C18H18N2O2S. The number of amides is 1. The van der Waals surface area contributed by atoms with E-state index in [1.807, 2.05) is 51.1 Å². The first-order valence-electron chi connectivity index (χ1n) is 7.52. The van der Waals surface area contributed by atoms with Gasteiger partial charge in [-0.15, -0.1) is 11.3 Å². The van der Waals surface area contributed by atoms with Crippen LogP contribution in [-0.4, -0.2) is 10.9 Å². The quantitative estimate of drug-likeness (QED) is 0.706. The van der Waals surface area contributed by atoms with Gasteiger partial charge in [0, 0.05) is 28.3 Å². The lowest BCUT2D eigenvalue weighted by molar-refractivity contribution is -0.111. The summed E-state index contributed by atoms with van der Waals surface area (Å²) in [5.74, 6) is 0.697. The minimum Gasteiger partial charge on any atom is -0.460 e. The van der Waals surface area contributed by atoms with Crippen molar-refractivity contribution < 1.29 is 9.21 Å². The third kappa shape index (κ3) is 3.19. The van der Waals surface area contributed by atoms with Crippen LogP contribution in [0.1, 0.15) is 28.8 Å². The zero-order valence-corrected chi connectivity index (χ0v) is 14.2. The van der Waals surface area contributed by atoms with E-state index in [0.29, 0.717) is 5.13 Å².